The Morgan fingerprint density at radius 2 is 2.00 bits per heavy atom. The molecule has 17 heavy (non-hydrogen) atoms. The van der Waals surface area contributed by atoms with Crippen LogP contribution in [0.4, 0.5) is 0 Å². The second-order valence-electron chi connectivity index (χ2n) is 5.47. The molecule has 1 aliphatic carbocycles. The molecule has 3 heteroatoms. The van der Waals surface area contributed by atoms with Crippen molar-refractivity contribution in [3.8, 4) is 0 Å². The number of hydrogen-bond acceptors (Lipinski definition) is 3. The minimum absolute atomic E-state index is 0.0680. The highest BCUT2D eigenvalue weighted by Crippen LogP contribution is 2.35. The molecule has 1 aliphatic heterocycles. The van der Waals surface area contributed by atoms with Gasteiger partial charge in [0.1, 0.15) is 0 Å². The number of carbonyl (C=O) groups excluding carboxylic acids is 1. The van der Waals surface area contributed by atoms with Crippen LogP contribution in [0, 0.1) is 5.92 Å². The average molecular weight is 239 g/mol. The van der Waals surface area contributed by atoms with Crippen molar-refractivity contribution in [3.63, 3.8) is 0 Å². The van der Waals surface area contributed by atoms with Crippen LogP contribution in [0.2, 0.25) is 0 Å². The van der Waals surface area contributed by atoms with Gasteiger partial charge in [0.25, 0.3) is 0 Å². The Labute approximate surface area is 105 Å². The van der Waals surface area contributed by atoms with Crippen LogP contribution in [-0.4, -0.2) is 37.1 Å². The molecule has 1 saturated heterocycles. The fraction of sp³-hybridized carbons (Fsp3) is 0.929. The molecule has 0 N–H and O–H groups in total. The molecule has 0 aromatic heterocycles. The van der Waals surface area contributed by atoms with Crippen molar-refractivity contribution in [2.75, 3.05) is 20.2 Å². The lowest BCUT2D eigenvalue weighted by molar-refractivity contribution is -0.140. The molecule has 0 aromatic rings. The quantitative estimate of drug-likeness (QED) is 0.691. The molecular weight excluding hydrogens is 214 g/mol. The van der Waals surface area contributed by atoms with Gasteiger partial charge >= 0.3 is 5.97 Å². The molecule has 0 radical (unpaired) electrons. The van der Waals surface area contributed by atoms with Gasteiger partial charge in [-0.25, -0.2) is 0 Å². The lowest BCUT2D eigenvalue weighted by Gasteiger charge is -2.29. The van der Waals surface area contributed by atoms with E-state index >= 15 is 0 Å². The minimum Gasteiger partial charge on any atom is -0.469 e. The Hall–Kier alpha value is -0.570. The van der Waals surface area contributed by atoms with Crippen LogP contribution in [0.1, 0.15) is 51.4 Å². The highest BCUT2D eigenvalue weighted by atomic mass is 16.5. The van der Waals surface area contributed by atoms with Crippen LogP contribution in [-0.2, 0) is 9.53 Å². The van der Waals surface area contributed by atoms with E-state index in [1.165, 1.54) is 52.2 Å². The summed E-state index contributed by atoms with van der Waals surface area (Å²) in [5.74, 6) is 0.872. The second-order valence-corrected chi connectivity index (χ2v) is 5.47. The molecule has 1 unspecified atom stereocenters. The summed E-state index contributed by atoms with van der Waals surface area (Å²) in [6.07, 6.45) is 9.97. The second kappa shape index (κ2) is 6.39. The summed E-state index contributed by atoms with van der Waals surface area (Å²) >= 11 is 0. The molecule has 2 rings (SSSR count). The van der Waals surface area contributed by atoms with E-state index in [1.54, 1.807) is 0 Å². The van der Waals surface area contributed by atoms with Gasteiger partial charge in [0.05, 0.1) is 7.11 Å². The van der Waals surface area contributed by atoms with E-state index in [-0.39, 0.29) is 5.97 Å². The van der Waals surface area contributed by atoms with Gasteiger partial charge in [0, 0.05) is 12.5 Å². The molecular formula is C14H25NO2. The van der Waals surface area contributed by atoms with Gasteiger partial charge in [-0.3, -0.25) is 4.79 Å². The molecule has 1 atom stereocenters. The van der Waals surface area contributed by atoms with Crippen molar-refractivity contribution in [3.05, 3.63) is 0 Å². The summed E-state index contributed by atoms with van der Waals surface area (Å²) in [5, 5.41) is 0. The van der Waals surface area contributed by atoms with Crippen LogP contribution in [0.15, 0.2) is 0 Å². The van der Waals surface area contributed by atoms with Gasteiger partial charge in [-0.05, 0) is 51.1 Å². The van der Waals surface area contributed by atoms with E-state index < -0.39 is 0 Å². The first-order valence-electron chi connectivity index (χ1n) is 7.12. The first kappa shape index (κ1) is 12.9. The maximum absolute atomic E-state index is 11.1. The molecule has 1 saturated carbocycles. The van der Waals surface area contributed by atoms with E-state index in [0.717, 1.165) is 24.9 Å². The molecule has 98 valence electrons. The maximum Gasteiger partial charge on any atom is 0.305 e. The van der Waals surface area contributed by atoms with Crippen LogP contribution in [0.25, 0.3) is 0 Å². The van der Waals surface area contributed by atoms with E-state index in [4.69, 9.17) is 0 Å². The predicted molar refractivity (Wildman–Crippen MR) is 67.8 cm³/mol. The number of esters is 1. The van der Waals surface area contributed by atoms with Crippen molar-refractivity contribution >= 4 is 5.97 Å². The molecule has 3 nitrogen and oxygen atoms in total. The van der Waals surface area contributed by atoms with Crippen molar-refractivity contribution in [1.29, 1.82) is 0 Å². The highest BCUT2D eigenvalue weighted by Gasteiger charge is 2.32. The molecule has 0 amide bonds. The monoisotopic (exact) mass is 239 g/mol. The molecule has 0 spiro atoms. The minimum atomic E-state index is -0.0680. The Morgan fingerprint density at radius 1 is 1.24 bits per heavy atom. The van der Waals surface area contributed by atoms with Gasteiger partial charge in [0.15, 0.2) is 0 Å². The van der Waals surface area contributed by atoms with Crippen molar-refractivity contribution < 1.29 is 9.53 Å². The number of nitrogens with zero attached hydrogens (tertiary/aromatic N) is 1. The summed E-state index contributed by atoms with van der Waals surface area (Å²) in [7, 11) is 1.47. The van der Waals surface area contributed by atoms with Crippen molar-refractivity contribution in [2.24, 2.45) is 5.92 Å². The van der Waals surface area contributed by atoms with Gasteiger partial charge in [-0.15, -0.1) is 0 Å². The van der Waals surface area contributed by atoms with E-state index in [9.17, 15) is 4.79 Å². The summed E-state index contributed by atoms with van der Waals surface area (Å²) in [6, 6.07) is 0.815. The average Bonchev–Trinajstić information content (AvgIpc) is 2.98. The predicted octanol–water partition coefficient (Wildman–Crippen LogP) is 2.59. The Balaban J connectivity index is 1.73. The summed E-state index contributed by atoms with van der Waals surface area (Å²) in [4.78, 5) is 13.7. The number of hydrogen-bond donors (Lipinski definition) is 0. The smallest absolute Gasteiger partial charge is 0.305 e. The van der Waals surface area contributed by atoms with Gasteiger partial charge < -0.3 is 9.64 Å². The molecule has 1 heterocycles. The Morgan fingerprint density at radius 3 is 2.71 bits per heavy atom. The van der Waals surface area contributed by atoms with Crippen LogP contribution in [0.3, 0.4) is 0 Å². The van der Waals surface area contributed by atoms with Crippen LogP contribution >= 0.6 is 0 Å². The lowest BCUT2D eigenvalue weighted by Crippen LogP contribution is -2.35. The van der Waals surface area contributed by atoms with Crippen molar-refractivity contribution in [1.82, 2.24) is 4.90 Å². The Kier molecular flexibility index (Phi) is 4.84. The fourth-order valence-corrected chi connectivity index (χ4v) is 3.53. The summed E-state index contributed by atoms with van der Waals surface area (Å²) in [6.45, 7) is 2.32. The zero-order valence-electron chi connectivity index (χ0n) is 11.0. The van der Waals surface area contributed by atoms with Crippen LogP contribution in [0.5, 0.6) is 0 Å². The standard InChI is InChI=1S/C14H25NO2/c1-17-14(16)9-5-11-15-10-4-8-13(15)12-6-2-3-7-12/h12-13H,2-11H2,1H3. The normalized spacial score (nSPS) is 26.5. The van der Waals surface area contributed by atoms with Gasteiger partial charge in [0.2, 0.25) is 0 Å². The zero-order valence-corrected chi connectivity index (χ0v) is 11.0. The fourth-order valence-electron chi connectivity index (χ4n) is 3.53. The molecule has 2 fully saturated rings. The third-order valence-corrected chi connectivity index (χ3v) is 4.41. The SMILES string of the molecule is COC(=O)CCCN1CCCC1C1CCCC1. The van der Waals surface area contributed by atoms with Gasteiger partial charge in [-0.2, -0.15) is 0 Å². The Bertz CT molecular complexity index is 249. The van der Waals surface area contributed by atoms with Crippen LogP contribution < -0.4 is 0 Å². The third-order valence-electron chi connectivity index (χ3n) is 4.41. The zero-order chi connectivity index (χ0) is 12.1. The van der Waals surface area contributed by atoms with Crippen molar-refractivity contribution in [2.45, 2.75) is 57.4 Å². The number of methoxy groups -OCH3 is 1. The number of likely N-dealkylation sites (tertiary alicyclic amines) is 1. The topological polar surface area (TPSA) is 29.5 Å². The summed E-state index contributed by atoms with van der Waals surface area (Å²) < 4.78 is 4.68. The molecule has 2 aliphatic rings. The van der Waals surface area contributed by atoms with E-state index in [0.29, 0.717) is 6.42 Å². The third kappa shape index (κ3) is 3.44. The highest BCUT2D eigenvalue weighted by molar-refractivity contribution is 5.69. The maximum atomic E-state index is 11.1. The first-order chi connectivity index (χ1) is 8.31. The summed E-state index contributed by atoms with van der Waals surface area (Å²) in [5.41, 5.74) is 0. The van der Waals surface area contributed by atoms with E-state index in [1.807, 2.05) is 0 Å². The number of ether oxygens (including phenoxy) is 1. The largest absolute Gasteiger partial charge is 0.469 e. The molecule has 0 aromatic carbocycles. The number of carbonyl (C=O) groups is 1. The lowest BCUT2D eigenvalue weighted by atomic mass is 9.96. The molecule has 0 bridgehead atoms. The van der Waals surface area contributed by atoms with E-state index in [2.05, 4.69) is 9.64 Å². The first-order valence-corrected chi connectivity index (χ1v) is 7.12. The number of rotatable bonds is 5. The van der Waals surface area contributed by atoms with Gasteiger partial charge in [-0.1, -0.05) is 12.8 Å².